The van der Waals surface area contributed by atoms with Gasteiger partial charge in [-0.1, -0.05) is 281 Å². The second kappa shape index (κ2) is 53.5. The fourth-order valence-corrected chi connectivity index (χ4v) is 9.97. The maximum atomic E-state index is 13.0. The topological polar surface area (TPSA) is 108 Å². The molecule has 420 valence electrons. The summed E-state index contributed by atoms with van der Waals surface area (Å²) in [5.74, 6) is -0.192. The summed E-state index contributed by atoms with van der Waals surface area (Å²) in [7, 11) is 1.27. The van der Waals surface area contributed by atoms with E-state index in [1.165, 1.54) is 238 Å². The van der Waals surface area contributed by atoms with Crippen molar-refractivity contribution >= 4 is 13.7 Å². The van der Waals surface area contributed by atoms with Crippen molar-refractivity contribution in [3.63, 3.8) is 0 Å². The van der Waals surface area contributed by atoms with E-state index in [-0.39, 0.29) is 19.1 Å². The Bertz CT molecular complexity index is 1250. The molecule has 0 aliphatic carbocycles. The number of likely N-dealkylation sites (N-methyl/N-ethyl adjacent to an activating group) is 1. The maximum absolute atomic E-state index is 13.0. The molecule has 0 saturated heterocycles. The molecular weight excluding hydrogens is 900 g/mol. The zero-order valence-corrected chi connectivity index (χ0v) is 48.8. The van der Waals surface area contributed by atoms with Gasteiger partial charge < -0.3 is 28.8 Å². The minimum atomic E-state index is -4.60. The van der Waals surface area contributed by atoms with Crippen molar-refractivity contribution in [2.24, 2.45) is 0 Å². The van der Waals surface area contributed by atoms with Crippen molar-refractivity contribution in [3.8, 4) is 0 Å². The van der Waals surface area contributed by atoms with Crippen molar-refractivity contribution < 1.29 is 32.9 Å². The molecule has 0 spiro atoms. The first-order valence-electron chi connectivity index (χ1n) is 30.9. The molecule has 0 bridgehead atoms. The number of phosphoric acid groups is 1. The van der Waals surface area contributed by atoms with Gasteiger partial charge in [-0.15, -0.1) is 0 Å². The van der Waals surface area contributed by atoms with E-state index < -0.39 is 20.0 Å². The molecule has 0 saturated carbocycles. The average Bonchev–Trinajstić information content (AvgIpc) is 3.33. The van der Waals surface area contributed by atoms with Crippen LogP contribution in [0.2, 0.25) is 0 Å². The third-order valence-electron chi connectivity index (χ3n) is 14.1. The quantitative estimate of drug-likeness (QED) is 0.0272. The van der Waals surface area contributed by atoms with Crippen LogP contribution in [0.1, 0.15) is 303 Å². The van der Waals surface area contributed by atoms with Crippen LogP contribution in [0.3, 0.4) is 0 Å². The van der Waals surface area contributed by atoms with Gasteiger partial charge in [0.15, 0.2) is 0 Å². The number of allylic oxidation sites excluding steroid dienone is 5. The maximum Gasteiger partial charge on any atom is 0.268 e. The Hall–Kier alpha value is -1.28. The predicted molar refractivity (Wildman–Crippen MR) is 307 cm³/mol. The van der Waals surface area contributed by atoms with E-state index >= 15 is 0 Å². The molecule has 1 amide bonds. The smallest absolute Gasteiger partial charge is 0.268 e. The first-order chi connectivity index (χ1) is 34.5. The largest absolute Gasteiger partial charge is 0.756 e. The van der Waals surface area contributed by atoms with Gasteiger partial charge in [0.05, 0.1) is 39.9 Å². The molecule has 2 N–H and O–H groups in total. The van der Waals surface area contributed by atoms with Gasteiger partial charge in [-0.2, -0.15) is 0 Å². The highest BCUT2D eigenvalue weighted by molar-refractivity contribution is 7.45. The van der Waals surface area contributed by atoms with Crippen LogP contribution in [0.15, 0.2) is 36.5 Å². The Morgan fingerprint density at radius 1 is 0.493 bits per heavy atom. The van der Waals surface area contributed by atoms with Gasteiger partial charge in [0.2, 0.25) is 5.91 Å². The van der Waals surface area contributed by atoms with Crippen molar-refractivity contribution in [1.29, 1.82) is 0 Å². The highest BCUT2D eigenvalue weighted by atomic mass is 31.2. The zero-order valence-electron chi connectivity index (χ0n) is 47.9. The van der Waals surface area contributed by atoms with Gasteiger partial charge in [0.1, 0.15) is 13.2 Å². The number of aliphatic hydroxyl groups is 1. The SMILES string of the molecule is CCCCCCC/C=C\C/C=C\CCCCCCCCCCCCCCCCCCCC(=O)NC(COP(=O)([O-])OCC[N+](C)(C)C)C(O)/C=C/CCCCCCCCCCCCCCCCCCCC. The molecular formula is C62H121N2O6P. The molecule has 0 aromatic rings. The lowest BCUT2D eigenvalue weighted by atomic mass is 10.0. The molecule has 0 rings (SSSR count). The van der Waals surface area contributed by atoms with Crippen LogP contribution in [0, 0.1) is 0 Å². The summed E-state index contributed by atoms with van der Waals surface area (Å²) in [6, 6.07) is -0.886. The molecule has 0 heterocycles. The lowest BCUT2D eigenvalue weighted by Crippen LogP contribution is -2.45. The van der Waals surface area contributed by atoms with Gasteiger partial charge in [-0.3, -0.25) is 9.36 Å². The van der Waals surface area contributed by atoms with E-state index in [9.17, 15) is 19.4 Å². The number of hydrogen-bond acceptors (Lipinski definition) is 6. The van der Waals surface area contributed by atoms with Crippen molar-refractivity contribution in [2.45, 2.75) is 315 Å². The number of carbonyl (C=O) groups excluding carboxylic acids is 1. The summed E-state index contributed by atoms with van der Waals surface area (Å²) in [6.45, 7) is 4.68. The Morgan fingerprint density at radius 2 is 0.817 bits per heavy atom. The van der Waals surface area contributed by atoms with E-state index in [2.05, 4.69) is 43.5 Å². The summed E-state index contributed by atoms with van der Waals surface area (Å²) in [5.41, 5.74) is 0. The van der Waals surface area contributed by atoms with Crippen LogP contribution < -0.4 is 10.2 Å². The van der Waals surface area contributed by atoms with E-state index in [0.29, 0.717) is 17.4 Å². The second-order valence-electron chi connectivity index (χ2n) is 22.4. The summed E-state index contributed by atoms with van der Waals surface area (Å²) >= 11 is 0. The highest BCUT2D eigenvalue weighted by Crippen LogP contribution is 2.38. The van der Waals surface area contributed by atoms with Crippen LogP contribution in [-0.2, 0) is 18.4 Å². The second-order valence-corrected chi connectivity index (χ2v) is 23.8. The molecule has 0 fully saturated rings. The summed E-state index contributed by atoms with van der Waals surface area (Å²) in [4.78, 5) is 25.5. The fourth-order valence-electron chi connectivity index (χ4n) is 9.25. The zero-order chi connectivity index (χ0) is 52.0. The van der Waals surface area contributed by atoms with Crippen LogP contribution in [0.25, 0.3) is 0 Å². The Kier molecular flexibility index (Phi) is 52.6. The number of unbranched alkanes of at least 4 members (excludes halogenated alkanes) is 40. The summed E-state index contributed by atoms with van der Waals surface area (Å²) < 4.78 is 23.4. The molecule has 3 unspecified atom stereocenters. The molecule has 0 radical (unpaired) electrons. The minimum absolute atomic E-state index is 0.000566. The van der Waals surface area contributed by atoms with Crippen LogP contribution in [-0.4, -0.2) is 68.5 Å². The standard InChI is InChI=1S/C62H121N2O6P/c1-6-8-10-12-14-16-18-20-22-24-26-28-29-30-31-32-33-34-35-36-38-40-42-44-46-48-50-52-54-56-62(66)63-60(59-70-71(67,68)69-58-57-64(3,4)5)61(65)55-53-51-49-47-45-43-41-39-37-27-25-23-21-19-17-15-13-11-9-7-2/h18,20,24,26,53,55,60-61,65H,6-17,19,21-23,25,27-52,54,56-59H2,1-5H3,(H-,63,66,67,68)/b20-18-,26-24-,55-53+. The number of carbonyl (C=O) groups is 1. The van der Waals surface area contributed by atoms with E-state index in [0.717, 1.165) is 44.9 Å². The van der Waals surface area contributed by atoms with Gasteiger partial charge in [0.25, 0.3) is 7.82 Å². The lowest BCUT2D eigenvalue weighted by molar-refractivity contribution is -0.870. The number of hydrogen-bond donors (Lipinski definition) is 2. The summed E-state index contributed by atoms with van der Waals surface area (Å²) in [5, 5.41) is 13.9. The molecule has 0 aliphatic heterocycles. The third kappa shape index (κ3) is 56.3. The molecule has 0 aliphatic rings. The summed E-state index contributed by atoms with van der Waals surface area (Å²) in [6.07, 6.45) is 69.4. The Morgan fingerprint density at radius 3 is 1.17 bits per heavy atom. The molecule has 9 heteroatoms. The fraction of sp³-hybridized carbons (Fsp3) is 0.887. The lowest BCUT2D eigenvalue weighted by Gasteiger charge is -2.29. The molecule has 8 nitrogen and oxygen atoms in total. The first-order valence-corrected chi connectivity index (χ1v) is 32.3. The number of nitrogens with one attached hydrogen (secondary N) is 1. The Balaban J connectivity index is 4.11. The van der Waals surface area contributed by atoms with E-state index in [1.807, 2.05) is 27.2 Å². The number of quaternary nitrogens is 1. The normalized spacial score (nSPS) is 14.1. The highest BCUT2D eigenvalue weighted by Gasteiger charge is 2.23. The number of phosphoric ester groups is 1. The van der Waals surface area contributed by atoms with Crippen molar-refractivity contribution in [3.05, 3.63) is 36.5 Å². The van der Waals surface area contributed by atoms with Crippen LogP contribution in [0.5, 0.6) is 0 Å². The number of nitrogens with zero attached hydrogens (tertiary/aromatic N) is 1. The van der Waals surface area contributed by atoms with E-state index in [4.69, 9.17) is 9.05 Å². The van der Waals surface area contributed by atoms with Gasteiger partial charge >= 0.3 is 0 Å². The molecule has 3 atom stereocenters. The van der Waals surface area contributed by atoms with Crippen molar-refractivity contribution in [1.82, 2.24) is 5.32 Å². The number of aliphatic hydroxyl groups excluding tert-OH is 1. The van der Waals surface area contributed by atoms with E-state index in [1.54, 1.807) is 6.08 Å². The predicted octanol–water partition coefficient (Wildman–Crippen LogP) is 18.3. The monoisotopic (exact) mass is 1020 g/mol. The van der Waals surface area contributed by atoms with Gasteiger partial charge in [0, 0.05) is 6.42 Å². The average molecular weight is 1020 g/mol. The van der Waals surface area contributed by atoms with Crippen LogP contribution in [0.4, 0.5) is 0 Å². The van der Waals surface area contributed by atoms with Crippen LogP contribution >= 0.6 is 7.82 Å². The first kappa shape index (κ1) is 69.7. The van der Waals surface area contributed by atoms with Gasteiger partial charge in [-0.25, -0.2) is 0 Å². The Labute approximate surface area is 442 Å². The number of amides is 1. The number of rotatable bonds is 57. The van der Waals surface area contributed by atoms with Gasteiger partial charge in [-0.05, 0) is 51.4 Å². The molecule has 71 heavy (non-hydrogen) atoms. The molecule has 0 aromatic carbocycles. The minimum Gasteiger partial charge on any atom is -0.756 e. The van der Waals surface area contributed by atoms with Crippen molar-refractivity contribution in [2.75, 3.05) is 40.9 Å². The third-order valence-corrected chi connectivity index (χ3v) is 15.1. The molecule has 0 aromatic heterocycles.